The molecule has 0 saturated carbocycles. The summed E-state index contributed by atoms with van der Waals surface area (Å²) in [6.45, 7) is 2.65. The van der Waals surface area contributed by atoms with Crippen LogP contribution in [-0.2, 0) is 11.8 Å². The number of nitrogens with one attached hydrogen (secondary N) is 2. The number of benzene rings is 1. The molecular weight excluding hydrogens is 440 g/mol. The third kappa shape index (κ3) is 4.00. The molecule has 1 aliphatic carbocycles. The molecule has 4 rings (SSSR count). The number of ether oxygens (including phenoxy) is 1. The van der Waals surface area contributed by atoms with Crippen LogP contribution in [0.5, 0.6) is 0 Å². The van der Waals surface area contributed by atoms with Gasteiger partial charge in [-0.25, -0.2) is 9.78 Å². The first-order valence-electron chi connectivity index (χ1n) is 9.42. The third-order valence-electron chi connectivity index (χ3n) is 5.12. The molecule has 0 amide bonds. The van der Waals surface area contributed by atoms with Crippen LogP contribution in [0.15, 0.2) is 29.2 Å². The van der Waals surface area contributed by atoms with Crippen LogP contribution < -0.4 is 11.0 Å². The Morgan fingerprint density at radius 3 is 2.97 bits per heavy atom. The number of nitrogens with zero attached hydrogens (tertiary/aromatic N) is 2. The molecule has 6 nitrogen and oxygen atoms in total. The molecule has 0 bridgehead atoms. The average molecular weight is 461 g/mol. The van der Waals surface area contributed by atoms with Crippen molar-refractivity contribution >= 4 is 52.4 Å². The minimum atomic E-state index is -0.249. The molecule has 0 saturated heterocycles. The summed E-state index contributed by atoms with van der Waals surface area (Å²) in [5, 5.41) is 4.83. The number of aromatic nitrogens is 3. The van der Waals surface area contributed by atoms with Gasteiger partial charge in [-0.3, -0.25) is 4.98 Å². The number of hydrogen-bond acceptors (Lipinski definition) is 6. The van der Waals surface area contributed by atoms with Crippen LogP contribution in [0.25, 0.3) is 12.2 Å². The molecule has 1 aliphatic rings. The Balaban J connectivity index is 1.89. The Morgan fingerprint density at radius 2 is 2.20 bits per heavy atom. The highest BCUT2D eigenvalue weighted by Crippen LogP contribution is 2.42. The lowest BCUT2D eigenvalue weighted by molar-refractivity contribution is 0.129. The number of aromatic amines is 1. The maximum Gasteiger partial charge on any atom is 0.326 e. The highest BCUT2D eigenvalue weighted by molar-refractivity contribution is 7.71. The lowest BCUT2D eigenvalue weighted by atomic mass is 9.88. The summed E-state index contributed by atoms with van der Waals surface area (Å²) in [6.07, 6.45) is 5.97. The van der Waals surface area contributed by atoms with E-state index in [4.69, 9.17) is 33.5 Å². The Bertz CT molecular complexity index is 1240. The zero-order valence-electron chi connectivity index (χ0n) is 16.7. The van der Waals surface area contributed by atoms with Crippen molar-refractivity contribution in [2.24, 2.45) is 7.05 Å². The van der Waals surface area contributed by atoms with Crippen LogP contribution in [-0.4, -0.2) is 34.3 Å². The van der Waals surface area contributed by atoms with Crippen molar-refractivity contribution in [1.82, 2.24) is 14.5 Å². The summed E-state index contributed by atoms with van der Waals surface area (Å²) in [7, 11) is 3.39. The van der Waals surface area contributed by atoms with Crippen molar-refractivity contribution in [3.8, 4) is 0 Å². The third-order valence-corrected chi connectivity index (χ3v) is 6.69. The highest BCUT2D eigenvalue weighted by atomic mass is 35.5. The van der Waals surface area contributed by atoms with Crippen molar-refractivity contribution in [2.45, 2.75) is 18.9 Å². The molecular formula is C21H21ClN4O2S2. The second kappa shape index (κ2) is 8.47. The molecule has 9 heteroatoms. The molecule has 1 aromatic carbocycles. The minimum Gasteiger partial charge on any atom is -0.380 e. The molecule has 2 aromatic heterocycles. The van der Waals surface area contributed by atoms with Gasteiger partial charge >= 0.3 is 5.69 Å². The van der Waals surface area contributed by atoms with Crippen LogP contribution in [0.1, 0.15) is 40.1 Å². The van der Waals surface area contributed by atoms with E-state index < -0.39 is 0 Å². The summed E-state index contributed by atoms with van der Waals surface area (Å²) in [5.41, 5.74) is 3.50. The number of aryl methyl sites for hydroxylation is 1. The van der Waals surface area contributed by atoms with E-state index >= 15 is 0 Å². The smallest absolute Gasteiger partial charge is 0.326 e. The normalized spacial score (nSPS) is 15.9. The van der Waals surface area contributed by atoms with Crippen LogP contribution in [0.3, 0.4) is 0 Å². The fraction of sp³-hybridized carbons (Fsp3) is 0.286. The maximum atomic E-state index is 12.0. The van der Waals surface area contributed by atoms with Gasteiger partial charge in [0.15, 0.2) is 5.13 Å². The number of fused-ring (bicyclic) bond motifs is 2. The number of rotatable bonds is 5. The average Bonchev–Trinajstić information content (AvgIpc) is 3.06. The van der Waals surface area contributed by atoms with Crippen molar-refractivity contribution < 1.29 is 4.74 Å². The quantitative estimate of drug-likeness (QED) is 0.424. The first kappa shape index (κ1) is 21.0. The monoisotopic (exact) mass is 460 g/mol. The predicted octanol–water partition coefficient (Wildman–Crippen LogP) is 4.66. The van der Waals surface area contributed by atoms with Gasteiger partial charge in [0.1, 0.15) is 4.64 Å². The molecule has 0 fully saturated rings. The molecule has 0 radical (unpaired) electrons. The van der Waals surface area contributed by atoms with Crippen LogP contribution in [0, 0.1) is 4.64 Å². The topological polar surface area (TPSA) is 71.9 Å². The molecule has 30 heavy (non-hydrogen) atoms. The van der Waals surface area contributed by atoms with Gasteiger partial charge in [0.25, 0.3) is 0 Å². The molecule has 2 atom stereocenters. The van der Waals surface area contributed by atoms with Crippen LogP contribution in [0.2, 0.25) is 5.02 Å². The van der Waals surface area contributed by atoms with Crippen molar-refractivity contribution in [3.63, 3.8) is 0 Å². The van der Waals surface area contributed by atoms with E-state index in [0.29, 0.717) is 16.2 Å². The van der Waals surface area contributed by atoms with E-state index in [1.165, 1.54) is 4.57 Å². The molecule has 0 aliphatic heterocycles. The number of halogens is 1. The van der Waals surface area contributed by atoms with Gasteiger partial charge in [-0.2, -0.15) is 0 Å². The first-order chi connectivity index (χ1) is 14.4. The maximum absolute atomic E-state index is 12.0. The van der Waals surface area contributed by atoms with Gasteiger partial charge in [0.05, 0.1) is 22.6 Å². The molecule has 2 N–H and O–H groups in total. The second-order valence-electron chi connectivity index (χ2n) is 7.19. The number of H-pyrrole nitrogens is 1. The van der Waals surface area contributed by atoms with Gasteiger partial charge in [0.2, 0.25) is 0 Å². The Kier molecular flexibility index (Phi) is 5.92. The van der Waals surface area contributed by atoms with E-state index in [-0.39, 0.29) is 17.7 Å². The van der Waals surface area contributed by atoms with E-state index in [1.807, 2.05) is 25.1 Å². The largest absolute Gasteiger partial charge is 0.380 e. The molecule has 0 spiro atoms. The minimum absolute atomic E-state index is 0.0698. The molecule has 156 valence electrons. The first-order valence-corrected chi connectivity index (χ1v) is 11.0. The van der Waals surface area contributed by atoms with Gasteiger partial charge < -0.3 is 14.6 Å². The predicted molar refractivity (Wildman–Crippen MR) is 125 cm³/mol. The zero-order valence-corrected chi connectivity index (χ0v) is 19.1. The van der Waals surface area contributed by atoms with Gasteiger partial charge in [0, 0.05) is 37.5 Å². The molecule has 2 heterocycles. The van der Waals surface area contributed by atoms with Crippen molar-refractivity contribution in [1.29, 1.82) is 0 Å². The van der Waals surface area contributed by atoms with Crippen LogP contribution >= 0.6 is 35.2 Å². The van der Waals surface area contributed by atoms with E-state index in [0.717, 1.165) is 32.4 Å². The van der Waals surface area contributed by atoms with E-state index in [2.05, 4.69) is 22.5 Å². The fourth-order valence-electron chi connectivity index (χ4n) is 3.43. The summed E-state index contributed by atoms with van der Waals surface area (Å²) in [6, 6.07) is 5.80. The van der Waals surface area contributed by atoms with Gasteiger partial charge in [-0.15, -0.1) is 0 Å². The number of hydrogen-bond donors (Lipinski definition) is 2. The van der Waals surface area contributed by atoms with Gasteiger partial charge in [-0.05, 0) is 36.3 Å². The number of anilines is 1. The van der Waals surface area contributed by atoms with Crippen molar-refractivity contribution in [3.05, 3.63) is 71.8 Å². The van der Waals surface area contributed by atoms with E-state index in [9.17, 15) is 4.79 Å². The van der Waals surface area contributed by atoms with Crippen LogP contribution in [0.4, 0.5) is 5.13 Å². The molecule has 2 unspecified atom stereocenters. The summed E-state index contributed by atoms with van der Waals surface area (Å²) in [5.74, 6) is -0.232. The second-order valence-corrected chi connectivity index (χ2v) is 9.07. The summed E-state index contributed by atoms with van der Waals surface area (Å²) < 4.78 is 7.23. The zero-order chi connectivity index (χ0) is 21.4. The lowest BCUT2D eigenvalue weighted by Crippen LogP contribution is -2.22. The number of thiazole rings is 1. The Hall–Kier alpha value is -2.26. The van der Waals surface area contributed by atoms with Gasteiger partial charge in [-0.1, -0.05) is 47.3 Å². The summed E-state index contributed by atoms with van der Waals surface area (Å²) >= 11 is 13.4. The van der Waals surface area contributed by atoms with E-state index in [1.54, 1.807) is 31.7 Å². The summed E-state index contributed by atoms with van der Waals surface area (Å²) in [4.78, 5) is 20.7. The fourth-order valence-corrected chi connectivity index (χ4v) is 4.78. The SMILES string of the molecule is COC(C)CNc1nc2c(s1)C=Cc1cc(Cl)ccc1C2c1cn(C)c(=O)[nH]c1=S. The number of methoxy groups -OCH3 is 1. The molecule has 3 aromatic rings. The highest BCUT2D eigenvalue weighted by Gasteiger charge is 2.29. The lowest BCUT2D eigenvalue weighted by Gasteiger charge is -2.19. The van der Waals surface area contributed by atoms with Crippen molar-refractivity contribution in [2.75, 3.05) is 19.0 Å². The standard InChI is InChI=1S/C21H21ClN4O2S2/c1-11(28-3)9-23-20-24-18-16(30-20)7-4-12-8-13(22)5-6-14(12)17(18)15-10-26(2)21(27)25-19(15)29/h4-8,10-11,17H,9H2,1-3H3,(H,23,24)(H,25,27,29). The Labute approximate surface area is 188 Å². The Morgan fingerprint density at radius 1 is 1.40 bits per heavy atom.